The maximum atomic E-state index is 12.3. The SMILES string of the molecule is C=C[C@@H]1[C@H](NC(=O)/C(=N/OC)c2csc(N)n2)C(=O)N1S(=O)(=O)[O-].[K+]. The summed E-state index contributed by atoms with van der Waals surface area (Å²) in [5.41, 5.74) is 5.35. The first-order valence-corrected chi connectivity index (χ1v) is 8.50. The van der Waals surface area contributed by atoms with Crippen molar-refractivity contribution in [2.45, 2.75) is 12.1 Å². The Morgan fingerprint density at radius 1 is 1.64 bits per heavy atom. The topological polar surface area (TPSA) is 167 Å². The molecule has 14 heteroatoms. The summed E-state index contributed by atoms with van der Waals surface area (Å²) in [5, 5.41) is 7.44. The Bertz CT molecular complexity index is 823. The molecule has 1 fully saturated rings. The Labute approximate surface area is 189 Å². The molecular formula is C11H12KN5O6S2. The van der Waals surface area contributed by atoms with Crippen molar-refractivity contribution in [1.82, 2.24) is 14.6 Å². The van der Waals surface area contributed by atoms with Gasteiger partial charge in [-0.3, -0.25) is 9.59 Å². The van der Waals surface area contributed by atoms with E-state index in [1.54, 1.807) is 0 Å². The number of carbonyl (C=O) groups is 2. The Morgan fingerprint density at radius 3 is 2.72 bits per heavy atom. The minimum Gasteiger partial charge on any atom is -0.731 e. The normalized spacial score (nSPS) is 20.3. The van der Waals surface area contributed by atoms with Gasteiger partial charge in [0.25, 0.3) is 11.8 Å². The van der Waals surface area contributed by atoms with E-state index in [1.165, 1.54) is 12.5 Å². The standard InChI is InChI=1S/C11H13N5O6S2.K/c1-3-6-8(10(18)16(6)24(19,20)21)14-9(17)7(15-22-2)5-4-23-11(12)13-5;/h3-4,6,8H,1H2,2H3,(H2,12,13)(H,14,17)(H,19,20,21);/q;+1/p-1/b15-7+;/t6-,8+;/m1./s1. The van der Waals surface area contributed by atoms with Gasteiger partial charge in [0.05, 0.1) is 6.04 Å². The summed E-state index contributed by atoms with van der Waals surface area (Å²) in [6.45, 7) is 3.35. The number of nitrogens with zero attached hydrogens (tertiary/aromatic N) is 3. The molecule has 0 radical (unpaired) electrons. The van der Waals surface area contributed by atoms with Crippen LogP contribution < -0.4 is 62.4 Å². The van der Waals surface area contributed by atoms with Crippen molar-refractivity contribution in [1.29, 1.82) is 0 Å². The van der Waals surface area contributed by atoms with E-state index in [0.29, 0.717) is 0 Å². The number of nitrogens with one attached hydrogen (secondary N) is 1. The van der Waals surface area contributed by atoms with Gasteiger partial charge in [-0.05, 0) is 0 Å². The maximum absolute atomic E-state index is 12.3. The van der Waals surface area contributed by atoms with E-state index in [-0.39, 0.29) is 72.2 Å². The second-order valence-electron chi connectivity index (χ2n) is 4.46. The first-order valence-electron chi connectivity index (χ1n) is 6.25. The monoisotopic (exact) mass is 413 g/mol. The van der Waals surface area contributed by atoms with Gasteiger partial charge in [-0.25, -0.2) is 17.7 Å². The van der Waals surface area contributed by atoms with Gasteiger partial charge in [0.2, 0.25) is 0 Å². The number of hydrogen-bond donors (Lipinski definition) is 2. The van der Waals surface area contributed by atoms with Crippen LogP contribution in [0.2, 0.25) is 0 Å². The average Bonchev–Trinajstić information content (AvgIpc) is 2.91. The van der Waals surface area contributed by atoms with Gasteiger partial charge in [0, 0.05) is 5.38 Å². The predicted octanol–water partition coefficient (Wildman–Crippen LogP) is -4.58. The predicted molar refractivity (Wildman–Crippen MR) is 82.5 cm³/mol. The van der Waals surface area contributed by atoms with Crippen LogP contribution in [0.1, 0.15) is 5.69 Å². The average molecular weight is 413 g/mol. The van der Waals surface area contributed by atoms with Gasteiger partial charge < -0.3 is 20.4 Å². The summed E-state index contributed by atoms with van der Waals surface area (Å²) < 4.78 is 33.1. The second-order valence-corrected chi connectivity index (χ2v) is 6.60. The number of β-lactam (4-membered cyclic amide) rings is 1. The number of hydrogen-bond acceptors (Lipinski definition) is 10. The Morgan fingerprint density at radius 2 is 2.28 bits per heavy atom. The van der Waals surface area contributed by atoms with Crippen molar-refractivity contribution in [3.05, 3.63) is 23.7 Å². The largest absolute Gasteiger partial charge is 1.00 e. The van der Waals surface area contributed by atoms with Crippen LogP contribution in [0.15, 0.2) is 23.2 Å². The molecule has 1 aromatic heterocycles. The van der Waals surface area contributed by atoms with E-state index >= 15 is 0 Å². The Hall–Kier alpha value is -0.874. The number of rotatable bonds is 6. The number of aromatic nitrogens is 1. The number of amides is 2. The number of anilines is 1. The molecule has 2 atom stereocenters. The molecule has 11 nitrogen and oxygen atoms in total. The van der Waals surface area contributed by atoms with Crippen molar-refractivity contribution < 1.29 is 78.8 Å². The molecular weight excluding hydrogens is 401 g/mol. The van der Waals surface area contributed by atoms with Crippen LogP contribution in [0.25, 0.3) is 0 Å². The van der Waals surface area contributed by atoms with Gasteiger partial charge in [0.1, 0.15) is 18.8 Å². The maximum Gasteiger partial charge on any atom is 1.00 e. The molecule has 0 spiro atoms. The van der Waals surface area contributed by atoms with Crippen molar-refractivity contribution in [3.63, 3.8) is 0 Å². The van der Waals surface area contributed by atoms with Gasteiger partial charge >= 0.3 is 51.4 Å². The summed E-state index contributed by atoms with van der Waals surface area (Å²) in [4.78, 5) is 32.5. The molecule has 1 aromatic rings. The van der Waals surface area contributed by atoms with Gasteiger partial charge in [-0.1, -0.05) is 11.2 Å². The van der Waals surface area contributed by atoms with E-state index in [2.05, 4.69) is 26.9 Å². The Balaban J connectivity index is 0.00000312. The molecule has 1 aliphatic rings. The molecule has 1 saturated heterocycles. The summed E-state index contributed by atoms with van der Waals surface area (Å²) in [6, 6.07) is -2.45. The van der Waals surface area contributed by atoms with Gasteiger partial charge in [-0.2, -0.15) is 0 Å². The molecule has 2 heterocycles. The fourth-order valence-corrected chi connectivity index (χ4v) is 3.41. The number of thiazole rings is 1. The van der Waals surface area contributed by atoms with Crippen molar-refractivity contribution in [2.75, 3.05) is 12.8 Å². The minimum atomic E-state index is -5.00. The fourth-order valence-electron chi connectivity index (χ4n) is 2.02. The summed E-state index contributed by atoms with van der Waals surface area (Å²) >= 11 is 1.06. The molecule has 3 N–H and O–H groups in total. The van der Waals surface area contributed by atoms with Crippen molar-refractivity contribution >= 4 is 44.3 Å². The first kappa shape index (κ1) is 22.2. The van der Waals surface area contributed by atoms with Crippen LogP contribution in [0, 0.1) is 0 Å². The molecule has 0 unspecified atom stereocenters. The van der Waals surface area contributed by atoms with Gasteiger partial charge in [-0.15, -0.1) is 17.9 Å². The third-order valence-electron chi connectivity index (χ3n) is 3.03. The van der Waals surface area contributed by atoms with E-state index in [1.807, 2.05) is 0 Å². The molecule has 2 amide bonds. The Kier molecular flexibility index (Phi) is 7.69. The van der Waals surface area contributed by atoms with Crippen LogP contribution in [0.5, 0.6) is 0 Å². The first-order chi connectivity index (χ1) is 11.2. The zero-order valence-electron chi connectivity index (χ0n) is 13.2. The number of nitrogens with two attached hydrogens (primary N) is 1. The fraction of sp³-hybridized carbons (Fsp3) is 0.273. The van der Waals surface area contributed by atoms with Gasteiger partial charge in [0.15, 0.2) is 21.1 Å². The zero-order chi connectivity index (χ0) is 18.1. The molecule has 2 rings (SSSR count). The third-order valence-corrected chi connectivity index (χ3v) is 4.61. The number of nitrogen functional groups attached to an aromatic ring is 1. The van der Waals surface area contributed by atoms with Crippen LogP contribution in [0.4, 0.5) is 5.13 Å². The van der Waals surface area contributed by atoms with Crippen LogP contribution >= 0.6 is 11.3 Å². The molecule has 0 bridgehead atoms. The van der Waals surface area contributed by atoms with E-state index in [0.717, 1.165) is 17.4 Å². The molecule has 130 valence electrons. The van der Waals surface area contributed by atoms with E-state index in [4.69, 9.17) is 5.73 Å². The third kappa shape index (κ3) is 4.65. The second kappa shape index (κ2) is 8.68. The van der Waals surface area contributed by atoms with Crippen LogP contribution in [-0.4, -0.2) is 59.0 Å². The molecule has 1 aliphatic heterocycles. The van der Waals surface area contributed by atoms with Crippen molar-refractivity contribution in [3.8, 4) is 0 Å². The summed E-state index contributed by atoms with van der Waals surface area (Å²) in [7, 11) is -3.79. The summed E-state index contributed by atoms with van der Waals surface area (Å²) in [6.07, 6.45) is 1.07. The van der Waals surface area contributed by atoms with E-state index < -0.39 is 34.2 Å². The van der Waals surface area contributed by atoms with E-state index in [9.17, 15) is 22.6 Å². The molecule has 0 aliphatic carbocycles. The van der Waals surface area contributed by atoms with Crippen LogP contribution in [0.3, 0.4) is 0 Å². The molecule has 0 saturated carbocycles. The van der Waals surface area contributed by atoms with Crippen molar-refractivity contribution in [2.24, 2.45) is 5.16 Å². The number of oxime groups is 1. The summed E-state index contributed by atoms with van der Waals surface area (Å²) in [5.74, 6) is -1.92. The smallest absolute Gasteiger partial charge is 0.731 e. The zero-order valence-corrected chi connectivity index (χ0v) is 18.0. The van der Waals surface area contributed by atoms with Crippen LogP contribution in [-0.2, 0) is 24.7 Å². The number of carbonyl (C=O) groups excluding carboxylic acids is 2. The molecule has 0 aromatic carbocycles. The quantitative estimate of drug-likeness (QED) is 0.117. The minimum absolute atomic E-state index is 0. The molecule has 25 heavy (non-hydrogen) atoms.